The molecular formula is C10H16N2O. The second-order valence-electron chi connectivity index (χ2n) is 4.16. The molecule has 1 aromatic heterocycles. The Morgan fingerprint density at radius 2 is 2.38 bits per heavy atom. The molecule has 0 bridgehead atoms. The summed E-state index contributed by atoms with van der Waals surface area (Å²) in [5.41, 5.74) is 1.47. The van der Waals surface area contributed by atoms with Crippen LogP contribution in [0.5, 0.6) is 0 Å². The van der Waals surface area contributed by atoms with Crippen LogP contribution in [0.2, 0.25) is 0 Å². The quantitative estimate of drug-likeness (QED) is 0.708. The molecule has 1 N–H and O–H groups in total. The Morgan fingerprint density at radius 1 is 1.69 bits per heavy atom. The van der Waals surface area contributed by atoms with Crippen molar-refractivity contribution in [3.63, 3.8) is 0 Å². The van der Waals surface area contributed by atoms with E-state index < -0.39 is 5.60 Å². The molecule has 3 heteroatoms. The normalized spacial score (nSPS) is 33.1. The molecule has 1 aliphatic rings. The molecule has 2 rings (SSSR count). The molecule has 1 aliphatic carbocycles. The minimum Gasteiger partial charge on any atom is -0.383 e. The first kappa shape index (κ1) is 8.75. The summed E-state index contributed by atoms with van der Waals surface area (Å²) in [5.74, 6) is 0.363. The number of rotatable bonds is 1. The van der Waals surface area contributed by atoms with Gasteiger partial charge in [-0.15, -0.1) is 0 Å². The first-order valence-electron chi connectivity index (χ1n) is 4.77. The lowest BCUT2D eigenvalue weighted by molar-refractivity contribution is -0.0994. The molecule has 0 aromatic carbocycles. The molecule has 1 aromatic rings. The number of nitrogens with zero attached hydrogens (tertiary/aromatic N) is 2. The van der Waals surface area contributed by atoms with Crippen LogP contribution in [-0.4, -0.2) is 14.9 Å². The fraction of sp³-hybridized carbons (Fsp3) is 0.700. The Morgan fingerprint density at radius 3 is 2.69 bits per heavy atom. The molecule has 0 radical (unpaired) electrons. The third-order valence-electron chi connectivity index (χ3n) is 3.31. The highest BCUT2D eigenvalue weighted by Gasteiger charge is 2.46. The maximum Gasteiger partial charge on any atom is 0.109 e. The van der Waals surface area contributed by atoms with Crippen molar-refractivity contribution in [2.75, 3.05) is 0 Å². The number of aliphatic hydroxyl groups is 1. The third-order valence-corrected chi connectivity index (χ3v) is 3.31. The molecule has 1 heterocycles. The van der Waals surface area contributed by atoms with Gasteiger partial charge >= 0.3 is 0 Å². The van der Waals surface area contributed by atoms with Crippen molar-refractivity contribution >= 4 is 0 Å². The SMILES string of the molecule is Cc1cnn(C)c1C1(O)CCC1C. The van der Waals surface area contributed by atoms with E-state index in [2.05, 4.69) is 12.0 Å². The average Bonchev–Trinajstić information content (AvgIpc) is 2.43. The van der Waals surface area contributed by atoms with Crippen LogP contribution in [0.25, 0.3) is 0 Å². The van der Waals surface area contributed by atoms with Crippen LogP contribution in [0.1, 0.15) is 31.0 Å². The molecule has 2 atom stereocenters. The minimum absolute atomic E-state index is 0.363. The second kappa shape index (κ2) is 2.58. The van der Waals surface area contributed by atoms with Gasteiger partial charge in [-0.25, -0.2) is 0 Å². The third kappa shape index (κ3) is 1.03. The maximum atomic E-state index is 10.3. The van der Waals surface area contributed by atoms with Gasteiger partial charge in [0.25, 0.3) is 0 Å². The van der Waals surface area contributed by atoms with Crippen molar-refractivity contribution in [2.24, 2.45) is 13.0 Å². The summed E-state index contributed by atoms with van der Waals surface area (Å²) in [6.45, 7) is 4.10. The molecular weight excluding hydrogens is 164 g/mol. The lowest BCUT2D eigenvalue weighted by Crippen LogP contribution is -2.44. The Bertz CT molecular complexity index is 312. The van der Waals surface area contributed by atoms with Gasteiger partial charge in [-0.2, -0.15) is 5.10 Å². The first-order valence-corrected chi connectivity index (χ1v) is 4.77. The Balaban J connectivity index is 2.45. The van der Waals surface area contributed by atoms with Crippen LogP contribution in [0, 0.1) is 12.8 Å². The van der Waals surface area contributed by atoms with Crippen molar-refractivity contribution in [2.45, 2.75) is 32.3 Å². The zero-order valence-electron chi connectivity index (χ0n) is 8.41. The standard InChI is InChI=1S/C10H16N2O/c1-7-6-11-12(3)9(7)10(13)5-4-8(10)2/h6,8,13H,4-5H2,1-3H3. The van der Waals surface area contributed by atoms with Crippen molar-refractivity contribution < 1.29 is 5.11 Å². The summed E-state index contributed by atoms with van der Waals surface area (Å²) in [6.07, 6.45) is 3.80. The number of aromatic nitrogens is 2. The summed E-state index contributed by atoms with van der Waals surface area (Å²) in [4.78, 5) is 0. The zero-order valence-corrected chi connectivity index (χ0v) is 8.41. The summed E-state index contributed by atoms with van der Waals surface area (Å²) >= 11 is 0. The highest BCUT2D eigenvalue weighted by atomic mass is 16.3. The van der Waals surface area contributed by atoms with Crippen LogP contribution in [0.4, 0.5) is 0 Å². The van der Waals surface area contributed by atoms with Gasteiger partial charge in [0, 0.05) is 7.05 Å². The summed E-state index contributed by atoms with van der Waals surface area (Å²) in [6, 6.07) is 0. The molecule has 1 saturated carbocycles. The fourth-order valence-corrected chi connectivity index (χ4v) is 2.23. The van der Waals surface area contributed by atoms with Crippen molar-refractivity contribution in [3.8, 4) is 0 Å². The molecule has 72 valence electrons. The van der Waals surface area contributed by atoms with E-state index in [-0.39, 0.29) is 0 Å². The average molecular weight is 180 g/mol. The molecule has 0 saturated heterocycles. The summed E-state index contributed by atoms with van der Waals surface area (Å²) in [7, 11) is 1.89. The number of aryl methyl sites for hydroxylation is 2. The Labute approximate surface area is 78.4 Å². The van der Waals surface area contributed by atoms with Crippen LogP contribution in [0.15, 0.2) is 6.20 Å². The van der Waals surface area contributed by atoms with Gasteiger partial charge in [0.15, 0.2) is 0 Å². The second-order valence-corrected chi connectivity index (χ2v) is 4.16. The fourth-order valence-electron chi connectivity index (χ4n) is 2.23. The summed E-state index contributed by atoms with van der Waals surface area (Å²) < 4.78 is 1.80. The Kier molecular flexibility index (Phi) is 1.74. The number of hydrogen-bond donors (Lipinski definition) is 1. The van der Waals surface area contributed by atoms with Crippen LogP contribution >= 0.6 is 0 Å². The van der Waals surface area contributed by atoms with Crippen molar-refractivity contribution in [3.05, 3.63) is 17.5 Å². The molecule has 3 nitrogen and oxygen atoms in total. The number of hydrogen-bond acceptors (Lipinski definition) is 2. The molecule has 1 fully saturated rings. The topological polar surface area (TPSA) is 38.0 Å². The molecule has 0 aliphatic heterocycles. The van der Waals surface area contributed by atoms with Gasteiger partial charge in [-0.1, -0.05) is 6.92 Å². The van der Waals surface area contributed by atoms with E-state index in [9.17, 15) is 5.11 Å². The smallest absolute Gasteiger partial charge is 0.109 e. The van der Waals surface area contributed by atoms with Crippen molar-refractivity contribution in [1.29, 1.82) is 0 Å². The van der Waals surface area contributed by atoms with Crippen molar-refractivity contribution in [1.82, 2.24) is 9.78 Å². The highest BCUT2D eigenvalue weighted by Crippen LogP contribution is 2.46. The zero-order chi connectivity index (χ0) is 9.64. The molecule has 2 unspecified atom stereocenters. The summed E-state index contributed by atoms with van der Waals surface area (Å²) in [5, 5.41) is 14.5. The van der Waals surface area contributed by atoms with Gasteiger partial charge in [-0.3, -0.25) is 4.68 Å². The van der Waals surface area contributed by atoms with Gasteiger partial charge in [-0.05, 0) is 31.2 Å². The predicted octanol–water partition coefficient (Wildman–Crippen LogP) is 1.35. The van der Waals surface area contributed by atoms with Gasteiger partial charge in [0.1, 0.15) is 5.60 Å². The maximum absolute atomic E-state index is 10.3. The predicted molar refractivity (Wildman–Crippen MR) is 50.2 cm³/mol. The van der Waals surface area contributed by atoms with E-state index in [1.54, 1.807) is 4.68 Å². The lowest BCUT2D eigenvalue weighted by Gasteiger charge is -2.44. The van der Waals surface area contributed by atoms with Crippen LogP contribution in [-0.2, 0) is 12.6 Å². The van der Waals surface area contributed by atoms with Gasteiger partial charge in [0.05, 0.1) is 11.9 Å². The van der Waals surface area contributed by atoms with E-state index >= 15 is 0 Å². The van der Waals surface area contributed by atoms with E-state index in [4.69, 9.17) is 0 Å². The van der Waals surface area contributed by atoms with Crippen LogP contribution in [0.3, 0.4) is 0 Å². The van der Waals surface area contributed by atoms with E-state index in [1.165, 1.54) is 0 Å². The molecule has 0 amide bonds. The highest BCUT2D eigenvalue weighted by molar-refractivity contribution is 5.26. The lowest BCUT2D eigenvalue weighted by atomic mass is 9.68. The van der Waals surface area contributed by atoms with Crippen LogP contribution < -0.4 is 0 Å². The molecule has 13 heavy (non-hydrogen) atoms. The van der Waals surface area contributed by atoms with E-state index in [1.807, 2.05) is 20.2 Å². The minimum atomic E-state index is -0.616. The van der Waals surface area contributed by atoms with Gasteiger partial charge in [0.2, 0.25) is 0 Å². The monoisotopic (exact) mass is 180 g/mol. The van der Waals surface area contributed by atoms with E-state index in [0.717, 1.165) is 24.1 Å². The van der Waals surface area contributed by atoms with E-state index in [0.29, 0.717) is 5.92 Å². The first-order chi connectivity index (χ1) is 6.05. The largest absolute Gasteiger partial charge is 0.383 e. The molecule has 0 spiro atoms. The Hall–Kier alpha value is -0.830. The van der Waals surface area contributed by atoms with Gasteiger partial charge < -0.3 is 5.11 Å².